The lowest BCUT2D eigenvalue weighted by molar-refractivity contribution is -0.135. The average molecular weight is 571 g/mol. The maximum absolute atomic E-state index is 12.7. The van der Waals surface area contributed by atoms with Crippen molar-refractivity contribution in [1.29, 1.82) is 0 Å². The van der Waals surface area contributed by atoms with Crippen LogP contribution < -0.4 is 10.6 Å². The highest BCUT2D eigenvalue weighted by Crippen LogP contribution is 2.14. The fraction of sp³-hybridized carbons (Fsp3) is 0.625. The van der Waals surface area contributed by atoms with Gasteiger partial charge in [0.2, 0.25) is 5.91 Å². The zero-order valence-corrected chi connectivity index (χ0v) is 22.3. The van der Waals surface area contributed by atoms with E-state index in [1.165, 1.54) is 0 Å². The second-order valence-corrected chi connectivity index (χ2v) is 8.44. The van der Waals surface area contributed by atoms with E-state index in [0.717, 1.165) is 71.0 Å². The molecule has 2 aliphatic rings. The van der Waals surface area contributed by atoms with Crippen LogP contribution in [0.4, 0.5) is 0 Å². The first-order chi connectivity index (χ1) is 15.6. The van der Waals surface area contributed by atoms with Crippen molar-refractivity contribution in [2.45, 2.75) is 39.2 Å². The molecule has 1 aromatic rings. The molecule has 33 heavy (non-hydrogen) atoms. The van der Waals surface area contributed by atoms with Gasteiger partial charge in [-0.3, -0.25) is 19.5 Å². The summed E-state index contributed by atoms with van der Waals surface area (Å²) in [5, 5.41) is 6.34. The molecular formula is C24H39IN6O2. The number of benzene rings is 1. The summed E-state index contributed by atoms with van der Waals surface area (Å²) in [6.07, 6.45) is 3.05. The van der Waals surface area contributed by atoms with Gasteiger partial charge >= 0.3 is 0 Å². The van der Waals surface area contributed by atoms with E-state index in [9.17, 15) is 9.59 Å². The molecule has 0 radical (unpaired) electrons. The number of guanidine groups is 1. The molecule has 1 unspecified atom stereocenters. The van der Waals surface area contributed by atoms with Gasteiger partial charge in [-0.05, 0) is 45.2 Å². The molecule has 9 heteroatoms. The molecule has 0 aromatic heterocycles. The highest BCUT2D eigenvalue weighted by atomic mass is 127. The number of nitrogens with zero attached hydrogens (tertiary/aromatic N) is 4. The Hall–Kier alpha value is -1.88. The molecule has 0 saturated carbocycles. The molecule has 2 aliphatic heterocycles. The van der Waals surface area contributed by atoms with E-state index < -0.39 is 0 Å². The SMILES string of the molecule is CCNC(=NCCCNC(=O)c1ccccc1)N1CCN(C(C)C(=O)N2CCCC2)CC1.I. The molecule has 2 fully saturated rings. The minimum atomic E-state index is -0.0528. The van der Waals surface area contributed by atoms with Crippen molar-refractivity contribution in [2.75, 3.05) is 58.9 Å². The van der Waals surface area contributed by atoms with Gasteiger partial charge in [-0.25, -0.2) is 0 Å². The maximum Gasteiger partial charge on any atom is 0.251 e. The number of nitrogens with one attached hydrogen (secondary N) is 2. The Balaban J connectivity index is 0.00000385. The molecule has 2 amide bonds. The van der Waals surface area contributed by atoms with E-state index in [2.05, 4.69) is 27.4 Å². The summed E-state index contributed by atoms with van der Waals surface area (Å²) in [6, 6.07) is 9.21. The van der Waals surface area contributed by atoms with Crippen LogP contribution in [0.3, 0.4) is 0 Å². The van der Waals surface area contributed by atoms with Crippen LogP contribution in [-0.4, -0.2) is 97.4 Å². The quantitative estimate of drug-likeness (QED) is 0.217. The summed E-state index contributed by atoms with van der Waals surface area (Å²) in [6.45, 7) is 11.4. The molecule has 1 aromatic carbocycles. The summed E-state index contributed by atoms with van der Waals surface area (Å²) in [5.74, 6) is 1.14. The Morgan fingerprint density at radius 1 is 0.970 bits per heavy atom. The number of carbonyl (C=O) groups is 2. The van der Waals surface area contributed by atoms with Crippen molar-refractivity contribution < 1.29 is 9.59 Å². The van der Waals surface area contributed by atoms with Crippen LogP contribution in [0.15, 0.2) is 35.3 Å². The van der Waals surface area contributed by atoms with Gasteiger partial charge < -0.3 is 20.4 Å². The van der Waals surface area contributed by atoms with E-state index in [4.69, 9.17) is 4.99 Å². The number of hydrogen-bond acceptors (Lipinski definition) is 4. The molecular weight excluding hydrogens is 531 g/mol. The lowest BCUT2D eigenvalue weighted by atomic mass is 10.2. The number of halogens is 1. The van der Waals surface area contributed by atoms with Crippen LogP contribution in [-0.2, 0) is 4.79 Å². The minimum Gasteiger partial charge on any atom is -0.357 e. The molecule has 8 nitrogen and oxygen atoms in total. The topological polar surface area (TPSA) is 80.3 Å². The molecule has 2 heterocycles. The molecule has 1 atom stereocenters. The molecule has 2 N–H and O–H groups in total. The Kier molecular flexibility index (Phi) is 11.9. The van der Waals surface area contributed by atoms with Gasteiger partial charge in [0.05, 0.1) is 6.04 Å². The Morgan fingerprint density at radius 2 is 1.64 bits per heavy atom. The number of carbonyl (C=O) groups excluding carboxylic acids is 2. The highest BCUT2D eigenvalue weighted by molar-refractivity contribution is 14.0. The summed E-state index contributed by atoms with van der Waals surface area (Å²) in [4.78, 5) is 36.2. The number of amides is 2. The maximum atomic E-state index is 12.7. The number of piperazine rings is 1. The smallest absolute Gasteiger partial charge is 0.251 e. The van der Waals surface area contributed by atoms with Gasteiger partial charge in [-0.1, -0.05) is 18.2 Å². The Morgan fingerprint density at radius 3 is 2.27 bits per heavy atom. The van der Waals surface area contributed by atoms with Gasteiger partial charge in [0, 0.05) is 64.5 Å². The third kappa shape index (κ3) is 8.13. The molecule has 3 rings (SSSR count). The lowest BCUT2D eigenvalue weighted by Gasteiger charge is -2.39. The van der Waals surface area contributed by atoms with Crippen molar-refractivity contribution in [3.8, 4) is 0 Å². The zero-order valence-electron chi connectivity index (χ0n) is 20.0. The highest BCUT2D eigenvalue weighted by Gasteiger charge is 2.30. The standard InChI is InChI=1S/C24H38N6O2.HI/c1-3-25-24(27-13-9-12-26-22(31)21-10-5-4-6-11-21)30-18-16-28(17-19-30)20(2)23(32)29-14-7-8-15-29;/h4-6,10-11,20H,3,7-9,12-19H2,1-2H3,(H,25,27)(H,26,31);1H. The fourth-order valence-corrected chi connectivity index (χ4v) is 4.26. The van der Waals surface area contributed by atoms with Crippen molar-refractivity contribution in [3.05, 3.63) is 35.9 Å². The number of aliphatic imine (C=N–C) groups is 1. The zero-order chi connectivity index (χ0) is 22.8. The second kappa shape index (κ2) is 14.4. The third-order valence-corrected chi connectivity index (χ3v) is 6.19. The summed E-state index contributed by atoms with van der Waals surface area (Å²) in [5.41, 5.74) is 0.680. The van der Waals surface area contributed by atoms with Crippen LogP contribution >= 0.6 is 24.0 Å². The largest absolute Gasteiger partial charge is 0.357 e. The summed E-state index contributed by atoms with van der Waals surface area (Å²) >= 11 is 0. The van der Waals surface area contributed by atoms with Gasteiger partial charge in [0.15, 0.2) is 5.96 Å². The molecule has 2 saturated heterocycles. The molecule has 0 aliphatic carbocycles. The first-order valence-corrected chi connectivity index (χ1v) is 12.0. The normalized spacial score (nSPS) is 17.9. The van der Waals surface area contributed by atoms with Crippen LogP contribution in [0.25, 0.3) is 0 Å². The van der Waals surface area contributed by atoms with Crippen molar-refractivity contribution in [3.63, 3.8) is 0 Å². The van der Waals surface area contributed by atoms with Crippen molar-refractivity contribution >= 4 is 41.8 Å². The number of hydrogen-bond donors (Lipinski definition) is 2. The first kappa shape index (κ1) is 27.4. The van der Waals surface area contributed by atoms with E-state index in [1.54, 1.807) is 0 Å². The van der Waals surface area contributed by atoms with Crippen LogP contribution in [0.2, 0.25) is 0 Å². The number of rotatable bonds is 8. The predicted octanol–water partition coefficient (Wildman–Crippen LogP) is 2.02. The number of likely N-dealkylation sites (tertiary alicyclic amines) is 1. The van der Waals surface area contributed by atoms with Gasteiger partial charge in [-0.2, -0.15) is 0 Å². The van der Waals surface area contributed by atoms with Crippen LogP contribution in [0.1, 0.15) is 43.5 Å². The second-order valence-electron chi connectivity index (χ2n) is 8.44. The van der Waals surface area contributed by atoms with Crippen molar-refractivity contribution in [2.24, 2.45) is 4.99 Å². The molecule has 184 valence electrons. The van der Waals surface area contributed by atoms with Gasteiger partial charge in [0.1, 0.15) is 0 Å². The van der Waals surface area contributed by atoms with Gasteiger partial charge in [-0.15, -0.1) is 24.0 Å². The average Bonchev–Trinajstić information content (AvgIpc) is 3.38. The minimum absolute atomic E-state index is 0. The fourth-order valence-electron chi connectivity index (χ4n) is 4.26. The molecule has 0 spiro atoms. The van der Waals surface area contributed by atoms with E-state index in [1.807, 2.05) is 42.2 Å². The predicted molar refractivity (Wildman–Crippen MR) is 143 cm³/mol. The monoisotopic (exact) mass is 570 g/mol. The van der Waals surface area contributed by atoms with Crippen LogP contribution in [0, 0.1) is 0 Å². The van der Waals surface area contributed by atoms with Crippen LogP contribution in [0.5, 0.6) is 0 Å². The Labute approximate surface area is 215 Å². The van der Waals surface area contributed by atoms with E-state index in [-0.39, 0.29) is 41.8 Å². The molecule has 0 bridgehead atoms. The van der Waals surface area contributed by atoms with E-state index >= 15 is 0 Å². The summed E-state index contributed by atoms with van der Waals surface area (Å²) in [7, 11) is 0. The third-order valence-electron chi connectivity index (χ3n) is 6.19. The summed E-state index contributed by atoms with van der Waals surface area (Å²) < 4.78 is 0. The van der Waals surface area contributed by atoms with E-state index in [0.29, 0.717) is 18.7 Å². The van der Waals surface area contributed by atoms with Gasteiger partial charge in [0.25, 0.3) is 5.91 Å². The Bertz CT molecular complexity index is 761. The van der Waals surface area contributed by atoms with Crippen molar-refractivity contribution in [1.82, 2.24) is 25.3 Å². The first-order valence-electron chi connectivity index (χ1n) is 12.0. The lowest BCUT2D eigenvalue weighted by Crippen LogP contribution is -2.57.